The van der Waals surface area contributed by atoms with Gasteiger partial charge in [-0.05, 0) is 59.1 Å². The molecule has 132 valence electrons. The largest absolute Gasteiger partial charge is 0.327 e. The highest BCUT2D eigenvalue weighted by molar-refractivity contribution is 5.75. The molecule has 1 saturated heterocycles. The van der Waals surface area contributed by atoms with Gasteiger partial charge < -0.3 is 15.2 Å². The van der Waals surface area contributed by atoms with E-state index >= 15 is 0 Å². The molecule has 2 N–H and O–H groups in total. The number of hydrogen-bond acceptors (Lipinski definition) is 3. The normalized spacial score (nSPS) is 20.5. The van der Waals surface area contributed by atoms with Gasteiger partial charge in [-0.15, -0.1) is 0 Å². The van der Waals surface area contributed by atoms with Crippen molar-refractivity contribution in [3.05, 3.63) is 30.1 Å². The van der Waals surface area contributed by atoms with E-state index in [0.29, 0.717) is 6.04 Å². The van der Waals surface area contributed by atoms with Crippen molar-refractivity contribution < 1.29 is 0 Å². The first-order valence-electron chi connectivity index (χ1n) is 9.26. The minimum atomic E-state index is 0.170. The van der Waals surface area contributed by atoms with Crippen molar-refractivity contribution in [1.82, 2.24) is 20.2 Å². The molecule has 4 nitrogen and oxygen atoms in total. The van der Waals surface area contributed by atoms with Crippen LogP contribution in [0.4, 0.5) is 0 Å². The van der Waals surface area contributed by atoms with Gasteiger partial charge in [0.25, 0.3) is 0 Å². The van der Waals surface area contributed by atoms with Gasteiger partial charge in [0.1, 0.15) is 5.82 Å². The highest BCUT2D eigenvalue weighted by atomic mass is 15.1. The maximum absolute atomic E-state index is 4.87. The van der Waals surface area contributed by atoms with Crippen LogP contribution in [0.3, 0.4) is 0 Å². The molecule has 1 aliphatic rings. The van der Waals surface area contributed by atoms with Gasteiger partial charge in [0, 0.05) is 23.7 Å². The van der Waals surface area contributed by atoms with Crippen LogP contribution < -0.4 is 10.6 Å². The van der Waals surface area contributed by atoms with E-state index in [1.54, 1.807) is 0 Å². The number of nitrogens with one attached hydrogen (secondary N) is 2. The summed E-state index contributed by atoms with van der Waals surface area (Å²) in [4.78, 5) is 4.87. The fourth-order valence-electron chi connectivity index (χ4n) is 4.44. The zero-order valence-corrected chi connectivity index (χ0v) is 15.8. The molecule has 2 aromatic rings. The molecule has 0 spiro atoms. The highest BCUT2D eigenvalue weighted by Crippen LogP contribution is 2.28. The van der Waals surface area contributed by atoms with E-state index in [0.717, 1.165) is 43.7 Å². The summed E-state index contributed by atoms with van der Waals surface area (Å²) in [5, 5.41) is 7.54. The van der Waals surface area contributed by atoms with Gasteiger partial charge in [0.05, 0.1) is 17.6 Å². The topological polar surface area (TPSA) is 41.9 Å². The molecule has 1 aliphatic heterocycles. The molecule has 1 fully saturated rings. The maximum atomic E-state index is 4.87. The summed E-state index contributed by atoms with van der Waals surface area (Å²) in [6.45, 7) is 13.3. The van der Waals surface area contributed by atoms with Gasteiger partial charge in [-0.2, -0.15) is 0 Å². The average Bonchev–Trinajstić information content (AvgIpc) is 2.81. The van der Waals surface area contributed by atoms with E-state index in [2.05, 4.69) is 74.1 Å². The van der Waals surface area contributed by atoms with Crippen molar-refractivity contribution in [1.29, 1.82) is 0 Å². The molecule has 3 rings (SSSR count). The van der Waals surface area contributed by atoms with Crippen molar-refractivity contribution in [3.8, 4) is 0 Å². The van der Waals surface area contributed by atoms with Gasteiger partial charge in [-0.25, -0.2) is 4.98 Å². The third-order valence-corrected chi connectivity index (χ3v) is 4.92. The second kappa shape index (κ2) is 6.49. The van der Waals surface area contributed by atoms with Gasteiger partial charge in [-0.3, -0.25) is 0 Å². The summed E-state index contributed by atoms with van der Waals surface area (Å²) in [5.74, 6) is 1.16. The van der Waals surface area contributed by atoms with Crippen LogP contribution in [-0.2, 0) is 13.1 Å². The maximum Gasteiger partial charge on any atom is 0.123 e. The second-order valence-corrected chi connectivity index (χ2v) is 8.55. The smallest absolute Gasteiger partial charge is 0.123 e. The first kappa shape index (κ1) is 17.4. The molecule has 2 heterocycles. The predicted octanol–water partition coefficient (Wildman–Crippen LogP) is 3.85. The standard InChI is InChI=1S/C20H32N4/c1-6-11-24-17-10-8-7-9-16(17)22-18(24)14-21-15-12-19(2,3)23-20(4,5)13-15/h7-10,15,21,23H,6,11-14H2,1-5H3. The Morgan fingerprint density at radius 1 is 1.17 bits per heavy atom. The van der Waals surface area contributed by atoms with Crippen LogP contribution in [0, 0.1) is 0 Å². The quantitative estimate of drug-likeness (QED) is 0.876. The lowest BCUT2D eigenvalue weighted by Crippen LogP contribution is -2.61. The molecule has 0 saturated carbocycles. The van der Waals surface area contributed by atoms with E-state index in [9.17, 15) is 0 Å². The SMILES string of the molecule is CCCn1c(CNC2CC(C)(C)NC(C)(C)C2)nc2ccccc21. The van der Waals surface area contributed by atoms with Crippen molar-refractivity contribution in [2.24, 2.45) is 0 Å². The molecule has 1 aromatic heterocycles. The number of nitrogens with zero attached hydrogens (tertiary/aromatic N) is 2. The lowest BCUT2D eigenvalue weighted by atomic mass is 9.79. The molecule has 1 aromatic carbocycles. The molecule has 0 atom stereocenters. The molecule has 0 aliphatic carbocycles. The first-order chi connectivity index (χ1) is 11.3. The van der Waals surface area contributed by atoms with Crippen LogP contribution in [0.15, 0.2) is 24.3 Å². The zero-order valence-electron chi connectivity index (χ0n) is 15.8. The van der Waals surface area contributed by atoms with Crippen molar-refractivity contribution in [2.45, 2.75) is 84.1 Å². The predicted molar refractivity (Wildman–Crippen MR) is 101 cm³/mol. The van der Waals surface area contributed by atoms with Crippen LogP contribution in [0.25, 0.3) is 11.0 Å². The van der Waals surface area contributed by atoms with E-state index in [4.69, 9.17) is 4.98 Å². The number of rotatable bonds is 5. The summed E-state index contributed by atoms with van der Waals surface area (Å²) in [5.41, 5.74) is 2.70. The second-order valence-electron chi connectivity index (χ2n) is 8.55. The van der Waals surface area contributed by atoms with Crippen LogP contribution in [0.1, 0.15) is 59.7 Å². The molecular formula is C20H32N4. The van der Waals surface area contributed by atoms with Crippen LogP contribution in [0.2, 0.25) is 0 Å². The zero-order chi connectivity index (χ0) is 17.4. The fraction of sp³-hybridized carbons (Fsp3) is 0.650. The molecule has 24 heavy (non-hydrogen) atoms. The molecule has 0 unspecified atom stereocenters. The van der Waals surface area contributed by atoms with E-state index in [1.807, 2.05) is 0 Å². The Hall–Kier alpha value is -1.39. The minimum Gasteiger partial charge on any atom is -0.327 e. The number of fused-ring (bicyclic) bond motifs is 1. The fourth-order valence-corrected chi connectivity index (χ4v) is 4.44. The van der Waals surface area contributed by atoms with Crippen molar-refractivity contribution in [2.75, 3.05) is 0 Å². The number of piperidine rings is 1. The van der Waals surface area contributed by atoms with Gasteiger partial charge in [0.2, 0.25) is 0 Å². The van der Waals surface area contributed by atoms with E-state index < -0.39 is 0 Å². The summed E-state index contributed by atoms with van der Waals surface area (Å²) in [7, 11) is 0. The summed E-state index contributed by atoms with van der Waals surface area (Å²) < 4.78 is 2.37. The number of aromatic nitrogens is 2. The van der Waals surface area contributed by atoms with Crippen LogP contribution in [0.5, 0.6) is 0 Å². The first-order valence-corrected chi connectivity index (χ1v) is 9.26. The summed E-state index contributed by atoms with van der Waals surface area (Å²) in [6, 6.07) is 8.98. The van der Waals surface area contributed by atoms with Gasteiger partial charge in [0.15, 0.2) is 0 Å². The molecule has 0 radical (unpaired) electrons. The minimum absolute atomic E-state index is 0.170. The van der Waals surface area contributed by atoms with Crippen LogP contribution >= 0.6 is 0 Å². The van der Waals surface area contributed by atoms with Gasteiger partial charge in [-0.1, -0.05) is 19.1 Å². The summed E-state index contributed by atoms with van der Waals surface area (Å²) in [6.07, 6.45) is 3.41. The van der Waals surface area contributed by atoms with E-state index in [-0.39, 0.29) is 11.1 Å². The Morgan fingerprint density at radius 3 is 2.50 bits per heavy atom. The van der Waals surface area contributed by atoms with Crippen molar-refractivity contribution >= 4 is 11.0 Å². The lowest BCUT2D eigenvalue weighted by Gasteiger charge is -2.46. The Balaban J connectivity index is 1.77. The monoisotopic (exact) mass is 328 g/mol. The van der Waals surface area contributed by atoms with Crippen molar-refractivity contribution in [3.63, 3.8) is 0 Å². The number of benzene rings is 1. The Kier molecular flexibility index (Phi) is 4.71. The average molecular weight is 329 g/mol. The van der Waals surface area contributed by atoms with E-state index in [1.165, 1.54) is 5.52 Å². The lowest BCUT2D eigenvalue weighted by molar-refractivity contribution is 0.145. The molecule has 4 heteroatoms. The molecule has 0 amide bonds. The summed E-state index contributed by atoms with van der Waals surface area (Å²) >= 11 is 0. The van der Waals surface area contributed by atoms with Gasteiger partial charge >= 0.3 is 0 Å². The number of aryl methyl sites for hydroxylation is 1. The highest BCUT2D eigenvalue weighted by Gasteiger charge is 2.37. The molecule has 0 bridgehead atoms. The Labute approximate surface area is 146 Å². The molecular weight excluding hydrogens is 296 g/mol. The Bertz CT molecular complexity index is 683. The number of para-hydroxylation sites is 2. The Morgan fingerprint density at radius 2 is 1.83 bits per heavy atom. The number of hydrogen-bond donors (Lipinski definition) is 2. The third kappa shape index (κ3) is 3.81. The van der Waals surface area contributed by atoms with Crippen LogP contribution in [-0.4, -0.2) is 26.7 Å². The third-order valence-electron chi connectivity index (χ3n) is 4.92. The number of imidazole rings is 1.